The minimum absolute atomic E-state index is 0.0687. The maximum Gasteiger partial charge on any atom is 0.283 e. The number of anilines is 2. The van der Waals surface area contributed by atoms with Gasteiger partial charge in [-0.3, -0.25) is 19.9 Å². The standard InChI is InChI=1S/C19H33ClN10O2/c20-15-17(23)27-16(22)14(26-15)18(32)30(19(24)25)8-4-3-7-29-11-9-28(10-12-29)6-2-1-5-13(21)31/h1-12H2,(H2,21,31)(H3,24,25)(H4,22,23,27). The molecule has 12 nitrogen and oxygen atoms in total. The molecular weight excluding hydrogens is 436 g/mol. The molecule has 1 aliphatic rings. The van der Waals surface area contributed by atoms with Crippen LogP contribution in [-0.2, 0) is 4.79 Å². The summed E-state index contributed by atoms with van der Waals surface area (Å²) in [6.07, 6.45) is 3.77. The number of carbonyl (C=O) groups excluding carboxylic acids is 2. The van der Waals surface area contributed by atoms with Gasteiger partial charge in [0, 0.05) is 39.1 Å². The third-order valence-electron chi connectivity index (χ3n) is 5.36. The maximum atomic E-state index is 12.7. The number of rotatable bonds is 11. The van der Waals surface area contributed by atoms with Crippen LogP contribution in [0.15, 0.2) is 0 Å². The van der Waals surface area contributed by atoms with Gasteiger partial charge in [-0.05, 0) is 38.8 Å². The van der Waals surface area contributed by atoms with Gasteiger partial charge in [-0.1, -0.05) is 11.6 Å². The Morgan fingerprint density at radius 1 is 0.938 bits per heavy atom. The Hall–Kier alpha value is -2.70. The Morgan fingerprint density at radius 2 is 1.50 bits per heavy atom. The van der Waals surface area contributed by atoms with Gasteiger partial charge in [-0.15, -0.1) is 0 Å². The van der Waals surface area contributed by atoms with Gasteiger partial charge in [0.2, 0.25) is 5.91 Å². The highest BCUT2D eigenvalue weighted by atomic mass is 35.5. The van der Waals surface area contributed by atoms with Crippen LogP contribution in [0.25, 0.3) is 0 Å². The quantitative estimate of drug-likeness (QED) is 0.164. The third kappa shape index (κ3) is 7.77. The molecule has 1 fully saturated rings. The molecule has 0 bridgehead atoms. The average molecular weight is 469 g/mol. The molecule has 1 aromatic rings. The van der Waals surface area contributed by atoms with Crippen molar-refractivity contribution in [1.82, 2.24) is 24.7 Å². The van der Waals surface area contributed by atoms with E-state index in [-0.39, 0.29) is 34.9 Å². The van der Waals surface area contributed by atoms with Crippen LogP contribution in [-0.4, -0.2) is 88.3 Å². The van der Waals surface area contributed by atoms with E-state index in [0.717, 1.165) is 63.4 Å². The van der Waals surface area contributed by atoms with Gasteiger partial charge >= 0.3 is 0 Å². The number of guanidine groups is 1. The molecule has 9 N–H and O–H groups in total. The highest BCUT2D eigenvalue weighted by molar-refractivity contribution is 6.31. The van der Waals surface area contributed by atoms with Gasteiger partial charge in [0.1, 0.15) is 0 Å². The molecule has 1 aliphatic heterocycles. The first-order valence-corrected chi connectivity index (χ1v) is 11.0. The van der Waals surface area contributed by atoms with E-state index in [1.807, 2.05) is 0 Å². The summed E-state index contributed by atoms with van der Waals surface area (Å²) < 4.78 is 0. The number of halogens is 1. The zero-order valence-electron chi connectivity index (χ0n) is 18.2. The van der Waals surface area contributed by atoms with Crippen molar-refractivity contribution in [2.24, 2.45) is 11.5 Å². The average Bonchev–Trinajstić information content (AvgIpc) is 2.74. The number of nitrogens with zero attached hydrogens (tertiary/aromatic N) is 5. The van der Waals surface area contributed by atoms with E-state index in [1.54, 1.807) is 0 Å². The smallest absolute Gasteiger partial charge is 0.283 e. The number of piperazine rings is 1. The summed E-state index contributed by atoms with van der Waals surface area (Å²) in [5, 5.41) is 7.61. The van der Waals surface area contributed by atoms with Gasteiger partial charge in [-0.25, -0.2) is 9.97 Å². The monoisotopic (exact) mass is 468 g/mol. The molecule has 13 heteroatoms. The first kappa shape index (κ1) is 25.6. The second-order valence-electron chi connectivity index (χ2n) is 7.79. The summed E-state index contributed by atoms with van der Waals surface area (Å²) in [4.78, 5) is 37.1. The van der Waals surface area contributed by atoms with Crippen molar-refractivity contribution in [3.8, 4) is 0 Å². The van der Waals surface area contributed by atoms with E-state index >= 15 is 0 Å². The van der Waals surface area contributed by atoms with E-state index in [1.165, 1.54) is 0 Å². The second kappa shape index (κ2) is 12.4. The van der Waals surface area contributed by atoms with E-state index in [0.29, 0.717) is 12.8 Å². The molecule has 178 valence electrons. The van der Waals surface area contributed by atoms with E-state index < -0.39 is 11.9 Å². The summed E-state index contributed by atoms with van der Waals surface area (Å²) in [5.74, 6) is -1.49. The Bertz CT molecular complexity index is 814. The van der Waals surface area contributed by atoms with E-state index in [2.05, 4.69) is 19.8 Å². The zero-order valence-corrected chi connectivity index (χ0v) is 19.0. The number of nitrogens with one attached hydrogen (secondary N) is 1. The number of hydrogen-bond donors (Lipinski definition) is 5. The Kier molecular flexibility index (Phi) is 9.88. The lowest BCUT2D eigenvalue weighted by molar-refractivity contribution is -0.118. The molecule has 0 unspecified atom stereocenters. The van der Waals surface area contributed by atoms with Gasteiger partial charge < -0.3 is 32.7 Å². The lowest BCUT2D eigenvalue weighted by Crippen LogP contribution is -2.47. The molecule has 0 aliphatic carbocycles. The normalized spacial score (nSPS) is 14.9. The van der Waals surface area contributed by atoms with Crippen LogP contribution in [0.3, 0.4) is 0 Å². The van der Waals surface area contributed by atoms with Crippen molar-refractivity contribution >= 4 is 41.0 Å². The van der Waals surface area contributed by atoms with Crippen LogP contribution in [0.1, 0.15) is 42.6 Å². The number of primary amides is 1. The summed E-state index contributed by atoms with van der Waals surface area (Å²) in [5.41, 5.74) is 21.9. The van der Waals surface area contributed by atoms with Crippen LogP contribution in [0, 0.1) is 5.41 Å². The second-order valence-corrected chi connectivity index (χ2v) is 8.15. The summed E-state index contributed by atoms with van der Waals surface area (Å²) in [7, 11) is 0. The third-order valence-corrected chi connectivity index (χ3v) is 5.64. The molecule has 2 heterocycles. The topological polar surface area (TPSA) is 198 Å². The van der Waals surface area contributed by atoms with Gasteiger partial charge in [0.05, 0.1) is 0 Å². The van der Waals surface area contributed by atoms with Crippen LogP contribution in [0.4, 0.5) is 11.6 Å². The first-order valence-electron chi connectivity index (χ1n) is 10.7. The minimum Gasteiger partial charge on any atom is -0.382 e. The number of hydrogen-bond acceptors (Lipinski definition) is 9. The maximum absolute atomic E-state index is 12.7. The van der Waals surface area contributed by atoms with Gasteiger partial charge in [0.25, 0.3) is 5.91 Å². The zero-order chi connectivity index (χ0) is 23.7. The largest absolute Gasteiger partial charge is 0.382 e. The summed E-state index contributed by atoms with van der Waals surface area (Å²) >= 11 is 5.85. The summed E-state index contributed by atoms with van der Waals surface area (Å²) in [6.45, 7) is 6.07. The molecule has 0 atom stereocenters. The highest BCUT2D eigenvalue weighted by Crippen LogP contribution is 2.19. The van der Waals surface area contributed by atoms with Crippen LogP contribution in [0.2, 0.25) is 5.15 Å². The fourth-order valence-electron chi connectivity index (χ4n) is 3.53. The number of nitrogen functional groups attached to an aromatic ring is 2. The number of amides is 2. The molecule has 1 aromatic heterocycles. The molecule has 32 heavy (non-hydrogen) atoms. The molecule has 1 saturated heterocycles. The van der Waals surface area contributed by atoms with Crippen molar-refractivity contribution < 1.29 is 9.59 Å². The predicted octanol–water partition coefficient (Wildman–Crippen LogP) is -0.317. The fourth-order valence-corrected chi connectivity index (χ4v) is 3.66. The van der Waals surface area contributed by atoms with Crippen molar-refractivity contribution in [1.29, 1.82) is 5.41 Å². The summed E-state index contributed by atoms with van der Waals surface area (Å²) in [6, 6.07) is 0. The molecular formula is C19H33ClN10O2. The van der Waals surface area contributed by atoms with Crippen LogP contribution >= 0.6 is 11.6 Å². The molecule has 2 rings (SSSR count). The van der Waals surface area contributed by atoms with Crippen molar-refractivity contribution in [3.05, 3.63) is 10.8 Å². The minimum atomic E-state index is -0.630. The number of aromatic nitrogens is 2. The Labute approximate surface area is 192 Å². The first-order chi connectivity index (χ1) is 15.2. The Morgan fingerprint density at radius 3 is 2.03 bits per heavy atom. The Balaban J connectivity index is 1.73. The van der Waals surface area contributed by atoms with Gasteiger partial charge in [-0.2, -0.15) is 0 Å². The van der Waals surface area contributed by atoms with Crippen molar-refractivity contribution in [2.75, 3.05) is 57.3 Å². The van der Waals surface area contributed by atoms with Crippen molar-refractivity contribution in [2.45, 2.75) is 32.1 Å². The molecule has 0 aromatic carbocycles. The molecule has 0 spiro atoms. The predicted molar refractivity (Wildman–Crippen MR) is 124 cm³/mol. The molecule has 2 amide bonds. The lowest BCUT2D eigenvalue weighted by Gasteiger charge is -2.34. The lowest BCUT2D eigenvalue weighted by atomic mass is 10.2. The number of nitrogens with two attached hydrogens (primary N) is 4. The highest BCUT2D eigenvalue weighted by Gasteiger charge is 2.24. The van der Waals surface area contributed by atoms with E-state index in [9.17, 15) is 9.59 Å². The SMILES string of the molecule is N=C(N)N(CCCCN1CCN(CCCCC(N)=O)CC1)C(=O)c1nc(Cl)c(N)nc1N. The van der Waals surface area contributed by atoms with Crippen molar-refractivity contribution in [3.63, 3.8) is 0 Å². The van der Waals surface area contributed by atoms with Crippen LogP contribution < -0.4 is 22.9 Å². The van der Waals surface area contributed by atoms with Gasteiger partial charge in [0.15, 0.2) is 28.4 Å². The molecule has 0 radical (unpaired) electrons. The number of carbonyl (C=O) groups is 2. The molecule has 0 saturated carbocycles. The fraction of sp³-hybridized carbons (Fsp3) is 0.632. The number of unbranched alkanes of at least 4 members (excludes halogenated alkanes) is 2. The van der Waals surface area contributed by atoms with E-state index in [4.69, 9.17) is 39.9 Å². The van der Waals surface area contributed by atoms with Crippen LogP contribution in [0.5, 0.6) is 0 Å².